The van der Waals surface area contributed by atoms with E-state index in [1.807, 2.05) is 18.3 Å². The largest absolute Gasteiger partial charge is 0.326 e. The van der Waals surface area contributed by atoms with Gasteiger partial charge in [-0.3, -0.25) is 9.78 Å². The van der Waals surface area contributed by atoms with Crippen LogP contribution in [-0.4, -0.2) is 17.4 Å². The molecule has 4 nitrogen and oxygen atoms in total. The first-order chi connectivity index (χ1) is 11.1. The molecule has 0 bridgehead atoms. The molecule has 1 aromatic carbocycles. The standard InChI is InChI=1S/C18H20BrN3O/c1-12(23)22-17-4-2-3-13(8-17)14-5-6-21-18(9-14)15-7-16(19)11-20-10-15/h2-4,7-8,10-11,14,18,21H,5-6,9H2,1H3,(H,22,23). The van der Waals surface area contributed by atoms with Crippen molar-refractivity contribution in [2.45, 2.75) is 31.7 Å². The third kappa shape index (κ3) is 4.18. The van der Waals surface area contributed by atoms with E-state index >= 15 is 0 Å². The second-order valence-corrected chi connectivity index (χ2v) is 6.89. The van der Waals surface area contributed by atoms with Gasteiger partial charge in [-0.15, -0.1) is 0 Å². The van der Waals surface area contributed by atoms with Gasteiger partial charge in [0, 0.05) is 35.5 Å². The Labute approximate surface area is 144 Å². The molecular weight excluding hydrogens is 354 g/mol. The van der Waals surface area contributed by atoms with Crippen molar-refractivity contribution in [1.29, 1.82) is 0 Å². The molecule has 0 saturated carbocycles. The lowest BCUT2D eigenvalue weighted by molar-refractivity contribution is -0.114. The molecule has 1 aliphatic heterocycles. The van der Waals surface area contributed by atoms with Crippen LogP contribution >= 0.6 is 15.9 Å². The number of nitrogens with zero attached hydrogens (tertiary/aromatic N) is 1. The first-order valence-corrected chi connectivity index (χ1v) is 8.62. The second kappa shape index (κ2) is 7.23. The van der Waals surface area contributed by atoms with Gasteiger partial charge >= 0.3 is 0 Å². The highest BCUT2D eigenvalue weighted by Gasteiger charge is 2.24. The van der Waals surface area contributed by atoms with E-state index in [1.165, 1.54) is 18.1 Å². The van der Waals surface area contributed by atoms with Crippen LogP contribution in [0.5, 0.6) is 0 Å². The molecule has 23 heavy (non-hydrogen) atoms. The summed E-state index contributed by atoms with van der Waals surface area (Å²) in [6, 6.07) is 10.6. The number of amides is 1. The van der Waals surface area contributed by atoms with Crippen molar-refractivity contribution in [2.24, 2.45) is 0 Å². The van der Waals surface area contributed by atoms with Gasteiger partial charge in [-0.2, -0.15) is 0 Å². The number of anilines is 1. The predicted molar refractivity (Wildman–Crippen MR) is 95.4 cm³/mol. The number of aromatic nitrogens is 1. The number of piperidine rings is 1. The molecule has 1 aromatic heterocycles. The quantitative estimate of drug-likeness (QED) is 0.854. The molecule has 2 unspecified atom stereocenters. The molecular formula is C18H20BrN3O. The van der Waals surface area contributed by atoms with Crippen LogP contribution in [0.2, 0.25) is 0 Å². The molecule has 2 heterocycles. The highest BCUT2D eigenvalue weighted by molar-refractivity contribution is 9.10. The molecule has 5 heteroatoms. The fourth-order valence-corrected chi connectivity index (χ4v) is 3.55. The maximum atomic E-state index is 11.2. The normalized spacial score (nSPS) is 21.0. The number of hydrogen-bond donors (Lipinski definition) is 2. The molecule has 1 fully saturated rings. The smallest absolute Gasteiger partial charge is 0.221 e. The summed E-state index contributed by atoms with van der Waals surface area (Å²) in [6.45, 7) is 2.51. The van der Waals surface area contributed by atoms with Crippen molar-refractivity contribution in [2.75, 3.05) is 11.9 Å². The summed E-state index contributed by atoms with van der Waals surface area (Å²) in [7, 11) is 0. The van der Waals surface area contributed by atoms with Crippen LogP contribution in [0.1, 0.15) is 42.9 Å². The highest BCUT2D eigenvalue weighted by Crippen LogP contribution is 2.35. The van der Waals surface area contributed by atoms with E-state index in [0.717, 1.165) is 29.5 Å². The lowest BCUT2D eigenvalue weighted by Gasteiger charge is -2.31. The van der Waals surface area contributed by atoms with Crippen molar-refractivity contribution in [1.82, 2.24) is 10.3 Å². The van der Waals surface area contributed by atoms with Crippen molar-refractivity contribution in [3.8, 4) is 0 Å². The minimum atomic E-state index is -0.0365. The number of carbonyl (C=O) groups is 1. The summed E-state index contributed by atoms with van der Waals surface area (Å²) in [5.41, 5.74) is 3.36. The summed E-state index contributed by atoms with van der Waals surface area (Å²) in [5.74, 6) is 0.444. The Balaban J connectivity index is 1.77. The van der Waals surface area contributed by atoms with Gasteiger partial charge in [0.2, 0.25) is 5.91 Å². The zero-order valence-corrected chi connectivity index (χ0v) is 14.6. The Morgan fingerprint density at radius 2 is 2.17 bits per heavy atom. The van der Waals surface area contributed by atoms with Gasteiger partial charge < -0.3 is 10.6 Å². The molecule has 0 spiro atoms. The van der Waals surface area contributed by atoms with Gasteiger partial charge in [0.15, 0.2) is 0 Å². The van der Waals surface area contributed by atoms with Crippen LogP contribution in [0.4, 0.5) is 5.69 Å². The summed E-state index contributed by atoms with van der Waals surface area (Å²) in [6.07, 6.45) is 5.86. The van der Waals surface area contributed by atoms with Crippen molar-refractivity contribution in [3.63, 3.8) is 0 Å². The van der Waals surface area contributed by atoms with Gasteiger partial charge in [-0.05, 0) is 70.6 Å². The third-order valence-corrected chi connectivity index (χ3v) is 4.64. The maximum Gasteiger partial charge on any atom is 0.221 e. The number of pyridine rings is 1. The Morgan fingerprint density at radius 3 is 2.96 bits per heavy atom. The lowest BCUT2D eigenvalue weighted by atomic mass is 9.84. The highest BCUT2D eigenvalue weighted by atomic mass is 79.9. The second-order valence-electron chi connectivity index (χ2n) is 5.97. The molecule has 1 saturated heterocycles. The van der Waals surface area contributed by atoms with Crippen molar-refractivity contribution < 1.29 is 4.79 Å². The van der Waals surface area contributed by atoms with Crippen LogP contribution in [0.25, 0.3) is 0 Å². The van der Waals surface area contributed by atoms with E-state index in [4.69, 9.17) is 0 Å². The van der Waals surface area contributed by atoms with Crippen molar-refractivity contribution in [3.05, 3.63) is 58.3 Å². The molecule has 2 atom stereocenters. The summed E-state index contributed by atoms with van der Waals surface area (Å²) >= 11 is 3.49. The molecule has 2 aromatic rings. The molecule has 0 aliphatic carbocycles. The molecule has 3 rings (SSSR count). The van der Waals surface area contributed by atoms with Gasteiger partial charge in [0.1, 0.15) is 0 Å². The monoisotopic (exact) mass is 373 g/mol. The van der Waals surface area contributed by atoms with Crippen LogP contribution in [0, 0.1) is 0 Å². The SMILES string of the molecule is CC(=O)Nc1cccc(C2CCNC(c3cncc(Br)c3)C2)c1. The van der Waals surface area contributed by atoms with E-state index in [2.05, 4.69) is 49.7 Å². The van der Waals surface area contributed by atoms with Crippen LogP contribution in [0.15, 0.2) is 47.2 Å². The summed E-state index contributed by atoms with van der Waals surface area (Å²) in [5, 5.41) is 6.44. The van der Waals surface area contributed by atoms with Gasteiger partial charge in [-0.1, -0.05) is 12.1 Å². The van der Waals surface area contributed by atoms with E-state index in [9.17, 15) is 4.79 Å². The molecule has 2 N–H and O–H groups in total. The van der Waals surface area contributed by atoms with E-state index in [-0.39, 0.29) is 5.91 Å². The Bertz CT molecular complexity index is 704. The number of nitrogens with one attached hydrogen (secondary N) is 2. The third-order valence-electron chi connectivity index (χ3n) is 4.21. The zero-order chi connectivity index (χ0) is 16.2. The topological polar surface area (TPSA) is 54.0 Å². The minimum Gasteiger partial charge on any atom is -0.326 e. The lowest BCUT2D eigenvalue weighted by Crippen LogP contribution is -2.31. The predicted octanol–water partition coefficient (Wildman–Crippen LogP) is 4.01. The maximum absolute atomic E-state index is 11.2. The van der Waals surface area contributed by atoms with Gasteiger partial charge in [0.05, 0.1) is 0 Å². The Morgan fingerprint density at radius 1 is 1.30 bits per heavy atom. The number of rotatable bonds is 3. The number of benzene rings is 1. The fourth-order valence-electron chi connectivity index (χ4n) is 3.17. The van der Waals surface area contributed by atoms with E-state index in [1.54, 1.807) is 6.20 Å². The summed E-state index contributed by atoms with van der Waals surface area (Å²) < 4.78 is 1.01. The average molecular weight is 374 g/mol. The first-order valence-electron chi connectivity index (χ1n) is 7.83. The molecule has 1 aliphatic rings. The molecule has 0 radical (unpaired) electrons. The van der Waals surface area contributed by atoms with Crippen molar-refractivity contribution >= 4 is 27.5 Å². The van der Waals surface area contributed by atoms with Crippen LogP contribution < -0.4 is 10.6 Å². The van der Waals surface area contributed by atoms with Crippen LogP contribution in [-0.2, 0) is 4.79 Å². The average Bonchev–Trinajstić information content (AvgIpc) is 2.55. The Kier molecular flexibility index (Phi) is 5.08. The van der Waals surface area contributed by atoms with Gasteiger partial charge in [-0.25, -0.2) is 0 Å². The molecule has 120 valence electrons. The molecule has 1 amide bonds. The number of carbonyl (C=O) groups excluding carboxylic acids is 1. The first kappa shape index (κ1) is 16.1. The number of halogens is 1. The van der Waals surface area contributed by atoms with E-state index in [0.29, 0.717) is 12.0 Å². The van der Waals surface area contributed by atoms with E-state index < -0.39 is 0 Å². The Hall–Kier alpha value is -1.72. The zero-order valence-electron chi connectivity index (χ0n) is 13.1. The summed E-state index contributed by atoms with van der Waals surface area (Å²) in [4.78, 5) is 15.5. The fraction of sp³-hybridized carbons (Fsp3) is 0.333. The minimum absolute atomic E-state index is 0.0365. The van der Waals surface area contributed by atoms with Crippen LogP contribution in [0.3, 0.4) is 0 Å². The van der Waals surface area contributed by atoms with Gasteiger partial charge in [0.25, 0.3) is 0 Å². The number of hydrogen-bond acceptors (Lipinski definition) is 3.